The van der Waals surface area contributed by atoms with Crippen molar-refractivity contribution in [2.45, 2.75) is 6.92 Å². The lowest BCUT2D eigenvalue weighted by molar-refractivity contribution is 0.415. The van der Waals surface area contributed by atoms with Crippen LogP contribution in [0.1, 0.15) is 11.4 Å². The third-order valence-corrected chi connectivity index (χ3v) is 4.09. The maximum Gasteiger partial charge on any atom is 0.298 e. The lowest BCUT2D eigenvalue weighted by atomic mass is 10.2. The van der Waals surface area contributed by atoms with E-state index in [2.05, 4.69) is 15.1 Å². The quantitative estimate of drug-likeness (QED) is 0.586. The number of aromatic nitrogens is 3. The van der Waals surface area contributed by atoms with E-state index >= 15 is 0 Å². The minimum Gasteiger partial charge on any atom is -0.497 e. The number of aryl methyl sites for hydroxylation is 1. The third kappa shape index (κ3) is 2.57. The van der Waals surface area contributed by atoms with Gasteiger partial charge in [-0.2, -0.15) is 9.78 Å². The van der Waals surface area contributed by atoms with Crippen LogP contribution < -0.4 is 10.3 Å². The van der Waals surface area contributed by atoms with Gasteiger partial charge in [-0.25, -0.2) is 4.98 Å². The normalized spacial score (nSPS) is 11.6. The Morgan fingerprint density at radius 1 is 1.20 bits per heavy atom. The molecule has 6 heteroatoms. The van der Waals surface area contributed by atoms with E-state index in [1.54, 1.807) is 20.2 Å². The second-order valence-electron chi connectivity index (χ2n) is 5.69. The fourth-order valence-corrected chi connectivity index (χ4v) is 2.82. The number of H-pyrrole nitrogens is 1. The molecule has 0 unspecified atom stereocenters. The van der Waals surface area contributed by atoms with Crippen LogP contribution in [-0.4, -0.2) is 28.0 Å². The Labute approximate surface area is 143 Å². The molecule has 0 atom stereocenters. The van der Waals surface area contributed by atoms with Crippen LogP contribution in [0.15, 0.2) is 58.4 Å². The Bertz CT molecular complexity index is 1160. The molecule has 0 spiro atoms. The Balaban J connectivity index is 1.91. The van der Waals surface area contributed by atoms with Crippen LogP contribution in [0.4, 0.5) is 0 Å². The van der Waals surface area contributed by atoms with Crippen molar-refractivity contribution in [1.29, 1.82) is 0 Å². The van der Waals surface area contributed by atoms with E-state index < -0.39 is 0 Å². The SMILES string of the molecule is COc1ccc2[nH]c3c(=O)n(N=Cc4ccccc4)c(C)nc3c2c1. The molecular weight excluding hydrogens is 316 g/mol. The van der Waals surface area contributed by atoms with Crippen LogP contribution in [0.2, 0.25) is 0 Å². The molecule has 0 saturated carbocycles. The smallest absolute Gasteiger partial charge is 0.298 e. The van der Waals surface area contributed by atoms with Gasteiger partial charge >= 0.3 is 0 Å². The van der Waals surface area contributed by atoms with Gasteiger partial charge in [0.05, 0.1) is 13.3 Å². The molecule has 0 radical (unpaired) electrons. The van der Waals surface area contributed by atoms with E-state index in [9.17, 15) is 4.79 Å². The van der Waals surface area contributed by atoms with Crippen molar-refractivity contribution in [2.24, 2.45) is 5.10 Å². The monoisotopic (exact) mass is 332 g/mol. The van der Waals surface area contributed by atoms with Gasteiger partial charge in [-0.1, -0.05) is 30.3 Å². The van der Waals surface area contributed by atoms with Crippen molar-refractivity contribution in [3.63, 3.8) is 0 Å². The number of ether oxygens (including phenoxy) is 1. The first-order valence-corrected chi connectivity index (χ1v) is 7.86. The van der Waals surface area contributed by atoms with Gasteiger partial charge in [0, 0.05) is 10.9 Å². The zero-order chi connectivity index (χ0) is 17.4. The van der Waals surface area contributed by atoms with Crippen LogP contribution in [0.25, 0.3) is 21.9 Å². The summed E-state index contributed by atoms with van der Waals surface area (Å²) in [6.45, 7) is 1.77. The van der Waals surface area contributed by atoms with E-state index in [0.29, 0.717) is 16.9 Å². The highest BCUT2D eigenvalue weighted by molar-refractivity contribution is 6.05. The molecule has 124 valence electrons. The Hall–Kier alpha value is -3.41. The second kappa shape index (κ2) is 5.90. The summed E-state index contributed by atoms with van der Waals surface area (Å²) in [5, 5.41) is 5.16. The highest BCUT2D eigenvalue weighted by atomic mass is 16.5. The molecule has 0 aliphatic rings. The van der Waals surface area contributed by atoms with Gasteiger partial charge in [0.2, 0.25) is 0 Å². The third-order valence-electron chi connectivity index (χ3n) is 4.09. The molecule has 4 aromatic rings. The zero-order valence-corrected chi connectivity index (χ0v) is 13.9. The fraction of sp³-hybridized carbons (Fsp3) is 0.105. The summed E-state index contributed by atoms with van der Waals surface area (Å²) < 4.78 is 6.57. The van der Waals surface area contributed by atoms with Gasteiger partial charge in [-0.3, -0.25) is 4.79 Å². The predicted molar refractivity (Wildman–Crippen MR) is 98.6 cm³/mol. The van der Waals surface area contributed by atoms with Crippen molar-refractivity contribution in [2.75, 3.05) is 7.11 Å². The van der Waals surface area contributed by atoms with E-state index in [0.717, 1.165) is 22.2 Å². The van der Waals surface area contributed by atoms with Crippen LogP contribution in [0.5, 0.6) is 5.75 Å². The van der Waals surface area contributed by atoms with Crippen LogP contribution in [0, 0.1) is 6.92 Å². The Kier molecular flexibility index (Phi) is 3.57. The molecule has 0 aliphatic heterocycles. The average Bonchev–Trinajstić information content (AvgIpc) is 3.00. The molecule has 2 aromatic heterocycles. The number of methoxy groups -OCH3 is 1. The topological polar surface area (TPSA) is 72.3 Å². The molecule has 0 bridgehead atoms. The molecule has 0 saturated heterocycles. The number of fused-ring (bicyclic) bond motifs is 3. The van der Waals surface area contributed by atoms with Gasteiger partial charge in [0.1, 0.15) is 22.6 Å². The van der Waals surface area contributed by atoms with Crippen LogP contribution >= 0.6 is 0 Å². The molecule has 4 rings (SSSR count). The number of hydrogen-bond acceptors (Lipinski definition) is 4. The van der Waals surface area contributed by atoms with Gasteiger partial charge in [-0.15, -0.1) is 0 Å². The molecular formula is C19H16N4O2. The summed E-state index contributed by atoms with van der Waals surface area (Å²) in [6.07, 6.45) is 1.65. The van der Waals surface area contributed by atoms with Crippen molar-refractivity contribution in [3.05, 3.63) is 70.3 Å². The molecule has 0 fully saturated rings. The number of benzene rings is 2. The summed E-state index contributed by atoms with van der Waals surface area (Å²) in [6, 6.07) is 15.2. The summed E-state index contributed by atoms with van der Waals surface area (Å²) in [4.78, 5) is 20.6. The maximum absolute atomic E-state index is 12.8. The highest BCUT2D eigenvalue weighted by Gasteiger charge is 2.13. The summed E-state index contributed by atoms with van der Waals surface area (Å²) in [7, 11) is 1.61. The number of rotatable bonds is 3. The largest absolute Gasteiger partial charge is 0.497 e. The molecule has 6 nitrogen and oxygen atoms in total. The van der Waals surface area contributed by atoms with E-state index in [1.807, 2.05) is 48.5 Å². The average molecular weight is 332 g/mol. The van der Waals surface area contributed by atoms with E-state index in [1.165, 1.54) is 4.68 Å². The van der Waals surface area contributed by atoms with Crippen LogP contribution in [-0.2, 0) is 0 Å². The number of nitrogens with one attached hydrogen (secondary N) is 1. The predicted octanol–water partition coefficient (Wildman–Crippen LogP) is 3.08. The molecule has 25 heavy (non-hydrogen) atoms. The van der Waals surface area contributed by atoms with E-state index in [-0.39, 0.29) is 5.56 Å². The minimum absolute atomic E-state index is 0.232. The highest BCUT2D eigenvalue weighted by Crippen LogP contribution is 2.26. The number of nitrogens with zero attached hydrogens (tertiary/aromatic N) is 3. The van der Waals surface area contributed by atoms with E-state index in [4.69, 9.17) is 4.74 Å². The van der Waals surface area contributed by atoms with Crippen molar-refractivity contribution >= 4 is 28.2 Å². The number of hydrogen-bond donors (Lipinski definition) is 1. The van der Waals surface area contributed by atoms with Gasteiger partial charge in [-0.05, 0) is 30.7 Å². The Morgan fingerprint density at radius 3 is 2.76 bits per heavy atom. The lowest BCUT2D eigenvalue weighted by Gasteiger charge is -2.03. The van der Waals surface area contributed by atoms with Gasteiger partial charge in [0.25, 0.3) is 5.56 Å². The standard InChI is InChI=1S/C19H16N4O2/c1-12-21-17-15-10-14(25-2)8-9-16(15)22-18(17)19(24)23(12)20-11-13-6-4-3-5-7-13/h3-11,22H,1-2H3. The molecule has 1 N–H and O–H groups in total. The number of aromatic amines is 1. The van der Waals surface area contributed by atoms with Crippen molar-refractivity contribution < 1.29 is 4.74 Å². The summed E-state index contributed by atoms with van der Waals surface area (Å²) in [5.74, 6) is 1.24. The first-order chi connectivity index (χ1) is 12.2. The van der Waals surface area contributed by atoms with Gasteiger partial charge < -0.3 is 9.72 Å². The minimum atomic E-state index is -0.232. The first-order valence-electron chi connectivity index (χ1n) is 7.86. The van der Waals surface area contributed by atoms with Crippen molar-refractivity contribution in [3.8, 4) is 5.75 Å². The van der Waals surface area contributed by atoms with Crippen molar-refractivity contribution in [1.82, 2.24) is 14.6 Å². The first kappa shape index (κ1) is 15.1. The molecule has 0 aliphatic carbocycles. The molecule has 2 heterocycles. The van der Waals surface area contributed by atoms with Crippen LogP contribution in [0.3, 0.4) is 0 Å². The lowest BCUT2D eigenvalue weighted by Crippen LogP contribution is -2.20. The molecule has 0 amide bonds. The zero-order valence-electron chi connectivity index (χ0n) is 13.9. The van der Waals surface area contributed by atoms with Gasteiger partial charge in [0.15, 0.2) is 0 Å². The summed E-state index contributed by atoms with van der Waals surface area (Å²) >= 11 is 0. The fourth-order valence-electron chi connectivity index (χ4n) is 2.82. The summed E-state index contributed by atoms with van der Waals surface area (Å²) in [5.41, 5.74) is 2.58. The maximum atomic E-state index is 12.8. The second-order valence-corrected chi connectivity index (χ2v) is 5.69. The Morgan fingerprint density at radius 2 is 2.00 bits per heavy atom. The molecule has 2 aromatic carbocycles.